The molecule has 1 aliphatic carbocycles. The van der Waals surface area contributed by atoms with Crippen LogP contribution in [0.25, 0.3) is 0 Å². The summed E-state index contributed by atoms with van der Waals surface area (Å²) in [5, 5.41) is 17.4. The van der Waals surface area contributed by atoms with Crippen molar-refractivity contribution >= 4 is 31.7 Å². The Hall–Kier alpha value is -2.62. The van der Waals surface area contributed by atoms with Crippen LogP contribution in [-0.4, -0.2) is 72.6 Å². The lowest BCUT2D eigenvalue weighted by molar-refractivity contribution is -0.176. The maximum atomic E-state index is 13.8. The molecule has 3 aliphatic heterocycles. The van der Waals surface area contributed by atoms with E-state index in [1.807, 2.05) is 5.32 Å². The van der Waals surface area contributed by atoms with Gasteiger partial charge in [0.1, 0.15) is 18.1 Å². The lowest BCUT2D eigenvalue weighted by Crippen LogP contribution is -2.60. The molecule has 9 nitrogen and oxygen atoms in total. The number of hydrogen-bond acceptors (Lipinski definition) is 5. The number of carbonyl (C=O) groups is 4. The van der Waals surface area contributed by atoms with Gasteiger partial charge in [0.15, 0.2) is 0 Å². The van der Waals surface area contributed by atoms with Crippen molar-refractivity contribution in [3.05, 3.63) is 0 Å². The molecule has 1 saturated carbocycles. The van der Waals surface area contributed by atoms with E-state index in [1.165, 1.54) is 4.90 Å². The molecule has 3 heterocycles. The van der Waals surface area contributed by atoms with Crippen LogP contribution in [0, 0.1) is 22.7 Å². The third-order valence-electron chi connectivity index (χ3n) is 8.98. The molecule has 3 saturated heterocycles. The first-order valence-electron chi connectivity index (χ1n) is 13.8. The van der Waals surface area contributed by atoms with E-state index >= 15 is 0 Å². The predicted molar refractivity (Wildman–Crippen MR) is 137 cm³/mol. The second kappa shape index (κ2) is 10.4. The molecule has 4 amide bonds. The summed E-state index contributed by atoms with van der Waals surface area (Å²) in [6, 6.07) is 1.02. The molecule has 3 N–H and O–H groups in total. The molecule has 0 aromatic rings. The molecule has 13 heteroatoms. The van der Waals surface area contributed by atoms with Crippen LogP contribution >= 0.6 is 0 Å². The van der Waals surface area contributed by atoms with Gasteiger partial charge in [-0.25, -0.2) is 0 Å². The van der Waals surface area contributed by atoms with Gasteiger partial charge >= 0.3 is 12.1 Å². The molecule has 0 aromatic carbocycles. The van der Waals surface area contributed by atoms with Crippen LogP contribution in [0.2, 0.25) is 18.1 Å². The van der Waals surface area contributed by atoms with Crippen LogP contribution in [0.1, 0.15) is 65.7 Å². The summed E-state index contributed by atoms with van der Waals surface area (Å²) in [6.07, 6.45) is 0.687. The Morgan fingerprint density at radius 2 is 1.79 bits per heavy atom. The Bertz CT molecular complexity index is 1060. The van der Waals surface area contributed by atoms with Gasteiger partial charge in [-0.1, -0.05) is 45.7 Å². The Labute approximate surface area is 227 Å². The molecule has 4 fully saturated rings. The minimum atomic E-state index is -5.16. The Balaban J connectivity index is 1.50. The van der Waals surface area contributed by atoms with Crippen molar-refractivity contribution in [3.8, 4) is 6.07 Å². The van der Waals surface area contributed by atoms with E-state index in [-0.39, 0.29) is 17.9 Å². The molecule has 4 atom stereocenters. The number of rotatable bonds is 6. The number of nitrogens with one attached hydrogen (secondary N) is 3. The van der Waals surface area contributed by atoms with Crippen molar-refractivity contribution in [2.24, 2.45) is 11.3 Å². The fraction of sp³-hybridized carbons (Fsp3) is 0.808. The van der Waals surface area contributed by atoms with Gasteiger partial charge in [0.2, 0.25) is 17.7 Å². The van der Waals surface area contributed by atoms with E-state index in [0.717, 1.165) is 44.2 Å². The monoisotopic (exact) mass is 569 g/mol. The SMILES string of the molecule is CC(C)(C)C(NC(=O)C(F)(F)F)C(=O)N1C[Si]2(CCCC2)CC1C(=O)NC(C#N)CC1CCC2(CC2)NC1=O. The van der Waals surface area contributed by atoms with Crippen LogP contribution < -0.4 is 16.0 Å². The van der Waals surface area contributed by atoms with Crippen molar-refractivity contribution in [1.29, 1.82) is 5.26 Å². The van der Waals surface area contributed by atoms with Crippen LogP contribution in [0.4, 0.5) is 13.2 Å². The summed E-state index contributed by atoms with van der Waals surface area (Å²) in [7, 11) is -2.06. The summed E-state index contributed by atoms with van der Waals surface area (Å²) >= 11 is 0. The summed E-state index contributed by atoms with van der Waals surface area (Å²) in [4.78, 5) is 53.1. The molecule has 0 aromatic heterocycles. The molecule has 0 bridgehead atoms. The topological polar surface area (TPSA) is 131 Å². The highest BCUT2D eigenvalue weighted by Gasteiger charge is 2.54. The van der Waals surface area contributed by atoms with Gasteiger partial charge in [0, 0.05) is 17.6 Å². The fourth-order valence-corrected chi connectivity index (χ4v) is 11.9. The number of nitrogens with zero attached hydrogens (tertiary/aromatic N) is 2. The standard InChI is InChI=1S/C26H38F3N5O4Si/c1-24(2,3)19(32-23(38)26(27,28)29)22(37)34-15-39(10-4-5-11-39)14-18(34)21(36)31-17(13-30)12-16-6-7-25(8-9-25)33-20(16)35/h16-19H,4-12,14-15H2,1-3H3,(H,31,36)(H,32,38)(H,33,35). The van der Waals surface area contributed by atoms with Crippen molar-refractivity contribution in [3.63, 3.8) is 0 Å². The molecule has 216 valence electrons. The van der Waals surface area contributed by atoms with Crippen molar-refractivity contribution in [2.45, 2.75) is 114 Å². The number of amides is 4. The zero-order valence-electron chi connectivity index (χ0n) is 22.7. The zero-order chi connectivity index (χ0) is 28.8. The first-order valence-corrected chi connectivity index (χ1v) is 16.6. The first-order chi connectivity index (χ1) is 18.1. The molecular weight excluding hydrogens is 531 g/mol. The molecule has 4 aliphatic rings. The van der Waals surface area contributed by atoms with Crippen LogP contribution in [0.5, 0.6) is 0 Å². The Morgan fingerprint density at radius 1 is 1.15 bits per heavy atom. The minimum absolute atomic E-state index is 0.0883. The molecular formula is C26H38F3N5O4Si. The number of hydrogen-bond donors (Lipinski definition) is 3. The fourth-order valence-electron chi connectivity index (χ4n) is 6.49. The van der Waals surface area contributed by atoms with Gasteiger partial charge in [-0.15, -0.1) is 0 Å². The normalized spacial score (nSPS) is 27.0. The largest absolute Gasteiger partial charge is 0.471 e. The summed E-state index contributed by atoms with van der Waals surface area (Å²) in [6.45, 7) is 4.69. The van der Waals surface area contributed by atoms with Gasteiger partial charge in [0.05, 0.1) is 14.1 Å². The van der Waals surface area contributed by atoms with Crippen LogP contribution in [-0.2, 0) is 19.2 Å². The number of nitriles is 1. The molecule has 4 unspecified atom stereocenters. The third kappa shape index (κ3) is 6.42. The van der Waals surface area contributed by atoms with Gasteiger partial charge in [-0.2, -0.15) is 18.4 Å². The van der Waals surface area contributed by atoms with E-state index in [9.17, 15) is 37.6 Å². The average Bonchev–Trinajstić information content (AvgIpc) is 3.25. The summed E-state index contributed by atoms with van der Waals surface area (Å²) < 4.78 is 39.2. The highest BCUT2D eigenvalue weighted by Crippen LogP contribution is 2.44. The minimum Gasteiger partial charge on any atom is -0.350 e. The summed E-state index contributed by atoms with van der Waals surface area (Å²) in [5.41, 5.74) is -1.14. The Morgan fingerprint density at radius 3 is 2.31 bits per heavy atom. The lowest BCUT2D eigenvalue weighted by Gasteiger charge is -2.36. The first kappa shape index (κ1) is 29.4. The summed E-state index contributed by atoms with van der Waals surface area (Å²) in [5.74, 6) is -3.97. The molecule has 0 radical (unpaired) electrons. The van der Waals surface area contributed by atoms with E-state index in [4.69, 9.17) is 0 Å². The second-order valence-corrected chi connectivity index (χ2v) is 17.8. The number of carbonyl (C=O) groups excluding carboxylic acids is 4. The average molecular weight is 570 g/mol. The van der Waals surface area contributed by atoms with Crippen molar-refractivity contribution in [2.75, 3.05) is 6.17 Å². The van der Waals surface area contributed by atoms with Crippen molar-refractivity contribution < 1.29 is 32.3 Å². The predicted octanol–water partition coefficient (Wildman–Crippen LogP) is 2.53. The maximum Gasteiger partial charge on any atom is 0.471 e. The van der Waals surface area contributed by atoms with Gasteiger partial charge in [-0.05, 0) is 43.6 Å². The van der Waals surface area contributed by atoms with Gasteiger partial charge in [0.25, 0.3) is 0 Å². The van der Waals surface area contributed by atoms with E-state index in [2.05, 4.69) is 16.7 Å². The quantitative estimate of drug-likeness (QED) is 0.423. The van der Waals surface area contributed by atoms with Crippen molar-refractivity contribution in [1.82, 2.24) is 20.9 Å². The number of alkyl halides is 3. The highest BCUT2D eigenvalue weighted by molar-refractivity contribution is 6.82. The van der Waals surface area contributed by atoms with Crippen LogP contribution in [0.3, 0.4) is 0 Å². The van der Waals surface area contributed by atoms with Gasteiger partial charge < -0.3 is 20.9 Å². The van der Waals surface area contributed by atoms with E-state index in [0.29, 0.717) is 18.6 Å². The maximum absolute atomic E-state index is 13.8. The zero-order valence-corrected chi connectivity index (χ0v) is 23.7. The van der Waals surface area contributed by atoms with Crippen LogP contribution in [0.15, 0.2) is 0 Å². The third-order valence-corrected chi connectivity index (χ3v) is 14.1. The Kier molecular flexibility index (Phi) is 7.84. The molecule has 39 heavy (non-hydrogen) atoms. The number of piperidine rings is 1. The molecule has 4 rings (SSSR count). The smallest absolute Gasteiger partial charge is 0.350 e. The second-order valence-electron chi connectivity index (χ2n) is 13.1. The molecule has 2 spiro atoms. The van der Waals surface area contributed by atoms with E-state index in [1.54, 1.807) is 20.8 Å². The lowest BCUT2D eigenvalue weighted by atomic mass is 9.85. The van der Waals surface area contributed by atoms with Gasteiger partial charge in [-0.3, -0.25) is 19.2 Å². The number of halogens is 3. The van der Waals surface area contributed by atoms with E-state index < -0.39 is 61.4 Å². The highest BCUT2D eigenvalue weighted by atomic mass is 28.3.